The highest BCUT2D eigenvalue weighted by atomic mass is 16.2. The summed E-state index contributed by atoms with van der Waals surface area (Å²) in [5, 5.41) is 0. The summed E-state index contributed by atoms with van der Waals surface area (Å²) in [6.07, 6.45) is 3.59. The number of nitrogens with two attached hydrogens (primary N) is 1. The number of carbonyl (C=O) groups is 1. The van der Waals surface area contributed by atoms with E-state index in [-0.39, 0.29) is 11.3 Å². The van der Waals surface area contributed by atoms with Gasteiger partial charge in [-0.1, -0.05) is 13.8 Å². The summed E-state index contributed by atoms with van der Waals surface area (Å²) in [6, 6.07) is 0. The molecule has 0 aromatic heterocycles. The predicted octanol–water partition coefficient (Wildman–Crippen LogP) is 1.94. The first kappa shape index (κ1) is 18.4. The van der Waals surface area contributed by atoms with Gasteiger partial charge in [-0.15, -0.1) is 0 Å². The van der Waals surface area contributed by atoms with Crippen LogP contribution in [0.1, 0.15) is 46.5 Å². The van der Waals surface area contributed by atoms with Crippen LogP contribution in [0.5, 0.6) is 0 Å². The van der Waals surface area contributed by atoms with Gasteiger partial charge in [0, 0.05) is 19.5 Å². The van der Waals surface area contributed by atoms with Crippen LogP contribution in [0.4, 0.5) is 0 Å². The zero-order valence-electron chi connectivity index (χ0n) is 13.5. The predicted molar refractivity (Wildman–Crippen MR) is 82.1 cm³/mol. The van der Waals surface area contributed by atoms with Gasteiger partial charge in [-0.25, -0.2) is 0 Å². The Morgan fingerprint density at radius 2 is 1.79 bits per heavy atom. The molecule has 0 radical (unpaired) electrons. The maximum atomic E-state index is 12.2. The summed E-state index contributed by atoms with van der Waals surface area (Å²) in [4.78, 5) is 16.3. The summed E-state index contributed by atoms with van der Waals surface area (Å²) >= 11 is 0. The minimum absolute atomic E-state index is 0.174. The van der Waals surface area contributed by atoms with Crippen molar-refractivity contribution in [1.82, 2.24) is 9.80 Å². The molecule has 2 N–H and O–H groups in total. The van der Waals surface area contributed by atoms with Gasteiger partial charge in [-0.2, -0.15) is 0 Å². The standard InChI is InChI=1S/C15H33N3O/c1-6-18(13-7-12-17(4)5)14(19)8-9-15(2,3)10-11-16/h6-13,16H2,1-5H3. The first-order chi connectivity index (χ1) is 8.82. The highest BCUT2D eigenvalue weighted by Gasteiger charge is 2.20. The number of rotatable bonds is 10. The number of carbonyl (C=O) groups excluding carboxylic acids is 1. The number of nitrogens with zero attached hydrogens (tertiary/aromatic N) is 2. The van der Waals surface area contributed by atoms with Crippen LogP contribution in [0.3, 0.4) is 0 Å². The Morgan fingerprint density at radius 3 is 2.26 bits per heavy atom. The van der Waals surface area contributed by atoms with Gasteiger partial charge in [0.25, 0.3) is 0 Å². The smallest absolute Gasteiger partial charge is 0.222 e. The normalized spacial score (nSPS) is 11.9. The van der Waals surface area contributed by atoms with Gasteiger partial charge in [0.2, 0.25) is 5.91 Å². The fourth-order valence-corrected chi connectivity index (χ4v) is 2.16. The van der Waals surface area contributed by atoms with Crippen LogP contribution >= 0.6 is 0 Å². The Bertz CT molecular complexity index is 252. The van der Waals surface area contributed by atoms with Crippen molar-refractivity contribution in [1.29, 1.82) is 0 Å². The minimum Gasteiger partial charge on any atom is -0.343 e. The molecule has 4 heteroatoms. The largest absolute Gasteiger partial charge is 0.343 e. The Morgan fingerprint density at radius 1 is 1.16 bits per heavy atom. The van der Waals surface area contributed by atoms with Crippen LogP contribution in [0.15, 0.2) is 0 Å². The lowest BCUT2D eigenvalue weighted by molar-refractivity contribution is -0.131. The van der Waals surface area contributed by atoms with E-state index in [1.165, 1.54) is 0 Å². The van der Waals surface area contributed by atoms with Crippen molar-refractivity contribution in [2.45, 2.75) is 46.5 Å². The maximum absolute atomic E-state index is 12.2. The molecule has 0 aromatic rings. The summed E-state index contributed by atoms with van der Waals surface area (Å²) in [5.74, 6) is 0.284. The molecule has 19 heavy (non-hydrogen) atoms. The lowest BCUT2D eigenvalue weighted by Gasteiger charge is -2.26. The van der Waals surface area contributed by atoms with Crippen molar-refractivity contribution in [2.75, 3.05) is 40.3 Å². The molecule has 0 heterocycles. The van der Waals surface area contributed by atoms with Crippen LogP contribution in [0.2, 0.25) is 0 Å². The Kier molecular flexibility index (Phi) is 9.02. The zero-order valence-corrected chi connectivity index (χ0v) is 13.5. The van der Waals surface area contributed by atoms with Crippen LogP contribution in [0.25, 0.3) is 0 Å². The molecular formula is C15H33N3O. The average Bonchev–Trinajstić information content (AvgIpc) is 2.31. The van der Waals surface area contributed by atoms with Crippen molar-refractivity contribution < 1.29 is 4.79 Å². The number of amides is 1. The lowest BCUT2D eigenvalue weighted by Crippen LogP contribution is -2.34. The highest BCUT2D eigenvalue weighted by Crippen LogP contribution is 2.26. The van der Waals surface area contributed by atoms with Gasteiger partial charge < -0.3 is 15.5 Å². The van der Waals surface area contributed by atoms with Gasteiger partial charge in [0.05, 0.1) is 0 Å². The van der Waals surface area contributed by atoms with E-state index in [1.54, 1.807) is 0 Å². The summed E-state index contributed by atoms with van der Waals surface area (Å²) in [5.41, 5.74) is 5.78. The maximum Gasteiger partial charge on any atom is 0.222 e. The summed E-state index contributed by atoms with van der Waals surface area (Å²) in [7, 11) is 4.13. The molecule has 0 rings (SSSR count). The fourth-order valence-electron chi connectivity index (χ4n) is 2.16. The number of hydrogen-bond donors (Lipinski definition) is 1. The van der Waals surface area contributed by atoms with E-state index < -0.39 is 0 Å². The van der Waals surface area contributed by atoms with Gasteiger partial charge in [-0.05, 0) is 58.8 Å². The molecule has 0 saturated heterocycles. The molecule has 0 aliphatic carbocycles. The quantitative estimate of drug-likeness (QED) is 0.660. The highest BCUT2D eigenvalue weighted by molar-refractivity contribution is 5.76. The van der Waals surface area contributed by atoms with Crippen LogP contribution < -0.4 is 5.73 Å². The van der Waals surface area contributed by atoms with Crippen LogP contribution in [-0.2, 0) is 4.79 Å². The van der Waals surface area contributed by atoms with E-state index in [0.29, 0.717) is 13.0 Å². The second-order valence-electron chi connectivity index (χ2n) is 6.33. The minimum atomic E-state index is 0.174. The molecule has 0 fully saturated rings. The molecule has 0 unspecified atom stereocenters. The SMILES string of the molecule is CCN(CCCN(C)C)C(=O)CCC(C)(C)CCN. The summed E-state index contributed by atoms with van der Waals surface area (Å²) < 4.78 is 0. The lowest BCUT2D eigenvalue weighted by atomic mass is 9.84. The Balaban J connectivity index is 4.07. The molecule has 0 saturated carbocycles. The Hall–Kier alpha value is -0.610. The third kappa shape index (κ3) is 9.00. The fraction of sp³-hybridized carbons (Fsp3) is 0.933. The molecule has 4 nitrogen and oxygen atoms in total. The zero-order chi connectivity index (χ0) is 14.9. The molecule has 0 atom stereocenters. The molecule has 114 valence electrons. The molecule has 0 aliphatic heterocycles. The number of hydrogen-bond acceptors (Lipinski definition) is 3. The van der Waals surface area contributed by atoms with Crippen LogP contribution in [0, 0.1) is 5.41 Å². The monoisotopic (exact) mass is 271 g/mol. The van der Waals surface area contributed by atoms with Crippen LogP contribution in [-0.4, -0.2) is 56.0 Å². The van der Waals surface area contributed by atoms with E-state index in [2.05, 4.69) is 39.8 Å². The van der Waals surface area contributed by atoms with Crippen molar-refractivity contribution in [2.24, 2.45) is 11.1 Å². The first-order valence-electron chi connectivity index (χ1n) is 7.45. The topological polar surface area (TPSA) is 49.6 Å². The molecule has 0 bridgehead atoms. The summed E-state index contributed by atoms with van der Waals surface area (Å²) in [6.45, 7) is 9.84. The van der Waals surface area contributed by atoms with Gasteiger partial charge in [0.1, 0.15) is 0 Å². The van der Waals surface area contributed by atoms with Crippen molar-refractivity contribution >= 4 is 5.91 Å². The van der Waals surface area contributed by atoms with E-state index in [4.69, 9.17) is 5.73 Å². The third-order valence-corrected chi connectivity index (χ3v) is 3.60. The second kappa shape index (κ2) is 9.32. The Labute approximate surface area is 119 Å². The van der Waals surface area contributed by atoms with E-state index in [1.807, 2.05) is 4.90 Å². The van der Waals surface area contributed by atoms with Crippen molar-refractivity contribution in [3.05, 3.63) is 0 Å². The van der Waals surface area contributed by atoms with Crippen molar-refractivity contribution in [3.8, 4) is 0 Å². The van der Waals surface area contributed by atoms with Gasteiger partial charge >= 0.3 is 0 Å². The molecular weight excluding hydrogens is 238 g/mol. The van der Waals surface area contributed by atoms with Gasteiger partial charge in [0.15, 0.2) is 0 Å². The molecule has 0 aromatic carbocycles. The first-order valence-corrected chi connectivity index (χ1v) is 7.45. The second-order valence-corrected chi connectivity index (χ2v) is 6.33. The average molecular weight is 271 g/mol. The molecule has 0 aliphatic rings. The molecule has 0 spiro atoms. The van der Waals surface area contributed by atoms with E-state index in [9.17, 15) is 4.79 Å². The van der Waals surface area contributed by atoms with E-state index in [0.717, 1.165) is 38.9 Å². The molecule has 1 amide bonds. The van der Waals surface area contributed by atoms with Gasteiger partial charge in [-0.3, -0.25) is 4.79 Å². The van der Waals surface area contributed by atoms with E-state index >= 15 is 0 Å². The van der Waals surface area contributed by atoms with Crippen molar-refractivity contribution in [3.63, 3.8) is 0 Å². The third-order valence-electron chi connectivity index (χ3n) is 3.60.